The number of hydrogen-bond acceptors (Lipinski definition) is 15. The molecule has 0 saturated heterocycles. The van der Waals surface area contributed by atoms with Gasteiger partial charge in [-0.3, -0.25) is 37.3 Å². The predicted octanol–water partition coefficient (Wildman–Crippen LogP) is 26.2. The highest BCUT2D eigenvalue weighted by Gasteiger charge is 2.30. The van der Waals surface area contributed by atoms with Crippen LogP contribution in [0.4, 0.5) is 0 Å². The molecule has 19 heteroatoms. The fraction of sp³-hybridized carbons (Fsp3) is 0.953. The zero-order chi connectivity index (χ0) is 77.1. The number of unbranched alkanes of at least 4 members (excludes halogenated alkanes) is 53. The van der Waals surface area contributed by atoms with Crippen LogP contribution in [0.25, 0.3) is 0 Å². The van der Waals surface area contributed by atoms with E-state index in [0.29, 0.717) is 25.7 Å². The van der Waals surface area contributed by atoms with E-state index in [1.165, 1.54) is 276 Å². The fourth-order valence-corrected chi connectivity index (χ4v) is 14.9. The molecule has 0 bridgehead atoms. The Morgan fingerprint density at radius 1 is 0.267 bits per heavy atom. The number of aliphatic hydroxyl groups is 1. The summed E-state index contributed by atoms with van der Waals surface area (Å²) in [5.74, 6) is -0.475. The Kier molecular flexibility index (Phi) is 76.0. The van der Waals surface area contributed by atoms with Crippen LogP contribution in [-0.4, -0.2) is 96.7 Å². The van der Waals surface area contributed by atoms with Gasteiger partial charge < -0.3 is 33.8 Å². The Labute approximate surface area is 645 Å². The van der Waals surface area contributed by atoms with Gasteiger partial charge in [0.15, 0.2) is 12.2 Å². The van der Waals surface area contributed by atoms with Crippen LogP contribution in [0.3, 0.4) is 0 Å². The lowest BCUT2D eigenvalue weighted by atomic mass is 9.99. The lowest BCUT2D eigenvalue weighted by molar-refractivity contribution is -0.161. The monoisotopic (exact) mass is 1540 g/mol. The highest BCUT2D eigenvalue weighted by atomic mass is 31.2. The molecule has 0 spiro atoms. The van der Waals surface area contributed by atoms with Crippen molar-refractivity contribution >= 4 is 39.5 Å². The number of phosphoric ester groups is 2. The van der Waals surface area contributed by atoms with E-state index in [2.05, 4.69) is 41.5 Å². The van der Waals surface area contributed by atoms with Crippen molar-refractivity contribution in [3.8, 4) is 0 Å². The number of aliphatic hydroxyl groups excluding tert-OH is 1. The Morgan fingerprint density at radius 3 is 0.676 bits per heavy atom. The molecule has 0 aromatic heterocycles. The third-order valence-corrected chi connectivity index (χ3v) is 22.8. The molecule has 3 N–H and O–H groups in total. The lowest BCUT2D eigenvalue weighted by Gasteiger charge is -2.21. The highest BCUT2D eigenvalue weighted by molar-refractivity contribution is 7.47. The van der Waals surface area contributed by atoms with Gasteiger partial charge in [0.25, 0.3) is 0 Å². The zero-order valence-electron chi connectivity index (χ0n) is 69.0. The summed E-state index contributed by atoms with van der Waals surface area (Å²) in [5, 5.41) is 10.7. The summed E-state index contributed by atoms with van der Waals surface area (Å²) in [6.07, 6.45) is 69.3. The van der Waals surface area contributed by atoms with Crippen molar-refractivity contribution in [1.29, 1.82) is 0 Å². The second-order valence-electron chi connectivity index (χ2n) is 31.4. The molecule has 0 aliphatic rings. The van der Waals surface area contributed by atoms with E-state index in [1.807, 2.05) is 0 Å². The van der Waals surface area contributed by atoms with Crippen molar-refractivity contribution < 1.29 is 80.2 Å². The molecule has 0 aliphatic carbocycles. The molecule has 0 saturated carbocycles. The maximum absolute atomic E-state index is 13.2. The molecule has 105 heavy (non-hydrogen) atoms. The number of ether oxygens (including phenoxy) is 4. The zero-order valence-corrected chi connectivity index (χ0v) is 70.8. The normalized spacial score (nSPS) is 14.3. The average Bonchev–Trinajstić information content (AvgIpc) is 0.905. The molecule has 7 atom stereocenters. The third-order valence-electron chi connectivity index (χ3n) is 20.9. The molecule has 0 rings (SSSR count). The standard InChI is InChI=1S/C86H168O17P2/c1-7-11-13-15-17-19-21-23-24-25-26-27-28-29-30-31-37-41-45-53-59-65-71-86(91)102-81(74-96-83(88)68-62-56-50-43-39-36-33-32-35-38-42-48-54-60-66-78(5)9-3)76-100-104(92,93)98-72-80(87)73-99-105(94,95)101-77-82(75-97-84(89)69-63-57-51-47-46-49-55-61-67-79(6)10-4)103-85(90)70-64-58-52-44-40-34-22-20-18-16-14-12-8-2/h78-82,87H,7-77H2,1-6H3,(H,92,93)(H,94,95)/t78?,79?,80-,81-,82-/m1/s1. The molecular formula is C86H168O17P2. The van der Waals surface area contributed by atoms with Crippen molar-refractivity contribution in [1.82, 2.24) is 0 Å². The SMILES string of the molecule is CCCCCCCCCCCCCCCCCCCCCCCCC(=O)O[C@H](COC(=O)CCCCCCCCCCCCCCCCC(C)CC)COP(=O)(O)OC[C@@H](O)COP(=O)(O)OC[C@@H](COC(=O)CCCCCCCCCCC(C)CC)OC(=O)CCCCCCCCCCCCCCC. The van der Waals surface area contributed by atoms with Crippen LogP contribution in [0.15, 0.2) is 0 Å². The van der Waals surface area contributed by atoms with Gasteiger partial charge in [0, 0.05) is 25.7 Å². The first-order chi connectivity index (χ1) is 50.9. The van der Waals surface area contributed by atoms with Gasteiger partial charge in [-0.25, -0.2) is 9.13 Å². The summed E-state index contributed by atoms with van der Waals surface area (Å²) < 4.78 is 68.9. The molecule has 0 aromatic rings. The summed E-state index contributed by atoms with van der Waals surface area (Å²) in [6.45, 7) is 9.72. The maximum atomic E-state index is 13.2. The van der Waals surface area contributed by atoms with E-state index in [1.54, 1.807) is 0 Å². The molecule has 0 aliphatic heterocycles. The van der Waals surface area contributed by atoms with Gasteiger partial charge in [-0.15, -0.1) is 0 Å². The maximum Gasteiger partial charge on any atom is 0.472 e. The van der Waals surface area contributed by atoms with Gasteiger partial charge in [-0.05, 0) is 37.5 Å². The molecule has 0 aromatic carbocycles. The number of hydrogen-bond donors (Lipinski definition) is 3. The first-order valence-electron chi connectivity index (χ1n) is 44.6. The summed E-state index contributed by atoms with van der Waals surface area (Å²) in [4.78, 5) is 73.2. The molecule has 4 unspecified atom stereocenters. The van der Waals surface area contributed by atoms with E-state index in [4.69, 9.17) is 37.0 Å². The van der Waals surface area contributed by atoms with Gasteiger partial charge in [-0.2, -0.15) is 0 Å². The van der Waals surface area contributed by atoms with Crippen molar-refractivity contribution in [3.63, 3.8) is 0 Å². The van der Waals surface area contributed by atoms with E-state index in [0.717, 1.165) is 102 Å². The smallest absolute Gasteiger partial charge is 0.462 e. The van der Waals surface area contributed by atoms with E-state index >= 15 is 0 Å². The van der Waals surface area contributed by atoms with E-state index in [-0.39, 0.29) is 25.7 Å². The second-order valence-corrected chi connectivity index (χ2v) is 34.3. The molecule has 0 radical (unpaired) electrons. The first kappa shape index (κ1) is 103. The molecule has 0 amide bonds. The average molecular weight is 1540 g/mol. The van der Waals surface area contributed by atoms with Gasteiger partial charge in [0.2, 0.25) is 0 Å². The van der Waals surface area contributed by atoms with Crippen LogP contribution in [0, 0.1) is 11.8 Å². The third kappa shape index (κ3) is 77.2. The van der Waals surface area contributed by atoms with Crippen LogP contribution in [-0.2, 0) is 65.4 Å². The van der Waals surface area contributed by atoms with Crippen LogP contribution in [0.1, 0.15) is 459 Å². The summed E-state index contributed by atoms with van der Waals surface area (Å²) in [5.41, 5.74) is 0. The Bertz CT molecular complexity index is 2010. The van der Waals surface area contributed by atoms with Crippen LogP contribution in [0.2, 0.25) is 0 Å². The second kappa shape index (κ2) is 77.4. The van der Waals surface area contributed by atoms with E-state index in [9.17, 15) is 43.2 Å². The minimum atomic E-state index is -4.97. The van der Waals surface area contributed by atoms with Gasteiger partial charge in [0.05, 0.1) is 26.4 Å². The summed E-state index contributed by atoms with van der Waals surface area (Å²) >= 11 is 0. The van der Waals surface area contributed by atoms with Crippen molar-refractivity contribution in [2.75, 3.05) is 39.6 Å². The largest absolute Gasteiger partial charge is 0.472 e. The predicted molar refractivity (Wildman–Crippen MR) is 432 cm³/mol. The summed E-state index contributed by atoms with van der Waals surface area (Å²) in [6, 6.07) is 0. The number of carbonyl (C=O) groups excluding carboxylic acids is 4. The van der Waals surface area contributed by atoms with Gasteiger partial charge in [-0.1, -0.05) is 408 Å². The van der Waals surface area contributed by atoms with Crippen molar-refractivity contribution in [3.05, 3.63) is 0 Å². The van der Waals surface area contributed by atoms with Gasteiger partial charge in [0.1, 0.15) is 19.3 Å². The number of esters is 4. The van der Waals surface area contributed by atoms with Crippen LogP contribution >= 0.6 is 15.6 Å². The molecule has 0 heterocycles. The first-order valence-corrected chi connectivity index (χ1v) is 47.6. The minimum absolute atomic E-state index is 0.107. The number of phosphoric acid groups is 2. The number of carbonyl (C=O) groups is 4. The van der Waals surface area contributed by atoms with Gasteiger partial charge >= 0.3 is 39.5 Å². The number of rotatable bonds is 85. The van der Waals surface area contributed by atoms with Crippen molar-refractivity contribution in [2.24, 2.45) is 11.8 Å². The Hall–Kier alpha value is -1.94. The lowest BCUT2D eigenvalue weighted by Crippen LogP contribution is -2.30. The quantitative estimate of drug-likeness (QED) is 0.0222. The minimum Gasteiger partial charge on any atom is -0.462 e. The van der Waals surface area contributed by atoms with Crippen LogP contribution in [0.5, 0.6) is 0 Å². The Balaban J connectivity index is 5.24. The summed E-state index contributed by atoms with van der Waals surface area (Å²) in [7, 11) is -9.93. The van der Waals surface area contributed by atoms with Crippen LogP contribution < -0.4 is 0 Å². The molecular weight excluding hydrogens is 1370 g/mol. The molecule has 0 fully saturated rings. The highest BCUT2D eigenvalue weighted by Crippen LogP contribution is 2.45. The van der Waals surface area contributed by atoms with Crippen molar-refractivity contribution in [2.45, 2.75) is 477 Å². The fourth-order valence-electron chi connectivity index (χ4n) is 13.4. The Morgan fingerprint density at radius 2 is 0.457 bits per heavy atom. The van der Waals surface area contributed by atoms with E-state index < -0.39 is 97.5 Å². The molecule has 624 valence electrons. The molecule has 17 nitrogen and oxygen atoms in total. The topological polar surface area (TPSA) is 237 Å².